The Morgan fingerprint density at radius 1 is 0.311 bits per heavy atom. The third kappa shape index (κ3) is 8.42. The van der Waals surface area contributed by atoms with E-state index in [1.807, 2.05) is 0 Å². The maximum atomic E-state index is 2.75. The lowest BCUT2D eigenvalue weighted by molar-refractivity contribution is 0.569. The first kappa shape index (κ1) is 51.5. The van der Waals surface area contributed by atoms with E-state index in [9.17, 15) is 0 Å². The summed E-state index contributed by atoms with van der Waals surface area (Å²) in [5.74, 6) is 0. The Morgan fingerprint density at radius 2 is 0.703 bits per heavy atom. The molecule has 0 aliphatic carbocycles. The van der Waals surface area contributed by atoms with Crippen molar-refractivity contribution in [3.8, 4) is 5.69 Å². The Balaban J connectivity index is 1.39. The Bertz CT molecular complexity index is 3410. The number of nitrogens with zero attached hydrogens (tertiary/aromatic N) is 3. The zero-order valence-electron chi connectivity index (χ0n) is 49.0. The van der Waals surface area contributed by atoms with Crippen LogP contribution in [0.15, 0.2) is 127 Å². The maximum Gasteiger partial charge on any atom is 0.252 e. The Hall–Kier alpha value is -6.00. The van der Waals surface area contributed by atoms with E-state index in [2.05, 4.69) is 287 Å². The van der Waals surface area contributed by atoms with Gasteiger partial charge in [0.25, 0.3) is 6.71 Å². The number of hydrogen-bond acceptors (Lipinski definition) is 2. The van der Waals surface area contributed by atoms with E-state index in [0.29, 0.717) is 0 Å². The molecule has 4 heteroatoms. The van der Waals surface area contributed by atoms with Crippen molar-refractivity contribution < 1.29 is 0 Å². The molecule has 2 aliphatic rings. The van der Waals surface area contributed by atoms with Gasteiger partial charge in [-0.25, -0.2) is 0 Å². The molecule has 3 heterocycles. The maximum absolute atomic E-state index is 2.75. The van der Waals surface area contributed by atoms with E-state index in [1.165, 1.54) is 117 Å². The third-order valence-electron chi connectivity index (χ3n) is 16.3. The molecule has 0 N–H and O–H groups in total. The zero-order chi connectivity index (χ0) is 53.8. The van der Waals surface area contributed by atoms with Crippen molar-refractivity contribution in [2.45, 2.75) is 183 Å². The van der Waals surface area contributed by atoms with Gasteiger partial charge in [-0.1, -0.05) is 218 Å². The van der Waals surface area contributed by atoms with Gasteiger partial charge in [-0.05, 0) is 148 Å². The predicted octanol–water partition coefficient (Wildman–Crippen LogP) is 17.9. The lowest BCUT2D eigenvalue weighted by atomic mass is 9.33. The molecule has 2 aliphatic heterocycles. The molecule has 0 unspecified atom stereocenters. The van der Waals surface area contributed by atoms with Crippen LogP contribution in [-0.4, -0.2) is 11.3 Å². The van der Waals surface area contributed by atoms with Crippen LogP contribution in [-0.2, 0) is 37.9 Å². The summed E-state index contributed by atoms with van der Waals surface area (Å²) in [5.41, 5.74) is 24.0. The second-order valence-electron chi connectivity index (χ2n) is 29.3. The summed E-state index contributed by atoms with van der Waals surface area (Å²) in [5, 5.41) is 2.61. The highest BCUT2D eigenvalue weighted by Crippen LogP contribution is 2.53. The van der Waals surface area contributed by atoms with Gasteiger partial charge >= 0.3 is 0 Å². The predicted molar refractivity (Wildman–Crippen MR) is 326 cm³/mol. The quantitative estimate of drug-likeness (QED) is 0.163. The molecule has 382 valence electrons. The second-order valence-corrected chi connectivity index (χ2v) is 29.3. The van der Waals surface area contributed by atoms with Gasteiger partial charge in [-0.2, -0.15) is 0 Å². The van der Waals surface area contributed by atoms with Crippen LogP contribution >= 0.6 is 0 Å². The lowest BCUT2D eigenvalue weighted by Gasteiger charge is -2.48. The standard InChI is InChI=1S/C70H84BN3/c1-64(2,3)43-32-36-55-47(38-43)48-39-44(65(4,5)6)33-37-56(48)72(55)46-34-35-54-58(42-46)74(63-51(69(16,17)18)28-25-29-52(63)70(19,20)21)60-41-45(66(7,8)9)40-59-61(60)71(54)53-30-22-23-31-57(53)73(59)62-49(67(10,11)12)26-24-27-50(62)68(13,14)15/h22-42H,1-21H3. The van der Waals surface area contributed by atoms with Crippen LogP contribution in [0.25, 0.3) is 27.5 Å². The second kappa shape index (κ2) is 16.8. The fourth-order valence-electron chi connectivity index (χ4n) is 12.2. The molecule has 0 fully saturated rings. The molecule has 1 aromatic heterocycles. The number of aromatic nitrogens is 1. The Labute approximate surface area is 446 Å². The molecule has 74 heavy (non-hydrogen) atoms. The molecule has 0 spiro atoms. The first-order chi connectivity index (χ1) is 34.2. The highest BCUT2D eigenvalue weighted by molar-refractivity contribution is 7.00. The number of anilines is 6. The topological polar surface area (TPSA) is 11.4 Å². The van der Waals surface area contributed by atoms with Gasteiger partial charge < -0.3 is 14.4 Å². The van der Waals surface area contributed by atoms with Crippen LogP contribution in [0.3, 0.4) is 0 Å². The Kier molecular flexibility index (Phi) is 11.7. The molecule has 0 saturated heterocycles. The summed E-state index contributed by atoms with van der Waals surface area (Å²) in [6, 6.07) is 50.6. The van der Waals surface area contributed by atoms with Crippen molar-refractivity contribution in [1.82, 2.24) is 4.57 Å². The van der Waals surface area contributed by atoms with Gasteiger partial charge in [0.15, 0.2) is 0 Å². The third-order valence-corrected chi connectivity index (χ3v) is 16.3. The van der Waals surface area contributed by atoms with Crippen LogP contribution in [0.4, 0.5) is 34.1 Å². The van der Waals surface area contributed by atoms with Crippen molar-refractivity contribution >= 4 is 79.0 Å². The highest BCUT2D eigenvalue weighted by Gasteiger charge is 2.47. The number of fused-ring (bicyclic) bond motifs is 7. The summed E-state index contributed by atoms with van der Waals surface area (Å²) >= 11 is 0. The van der Waals surface area contributed by atoms with Gasteiger partial charge in [0.2, 0.25) is 0 Å². The molecule has 0 atom stereocenters. The van der Waals surface area contributed by atoms with E-state index in [0.717, 1.165) is 0 Å². The number of para-hydroxylation sites is 3. The minimum Gasteiger partial charge on any atom is -0.311 e. The normalized spacial score (nSPS) is 14.5. The summed E-state index contributed by atoms with van der Waals surface area (Å²) in [6.07, 6.45) is 0. The zero-order valence-corrected chi connectivity index (χ0v) is 49.0. The monoisotopic (exact) mass is 978 g/mol. The Morgan fingerprint density at radius 3 is 1.11 bits per heavy atom. The number of hydrogen-bond donors (Lipinski definition) is 0. The molecule has 10 rings (SSSR count). The van der Waals surface area contributed by atoms with Crippen molar-refractivity contribution in [3.05, 3.63) is 166 Å². The molecule has 0 radical (unpaired) electrons. The van der Waals surface area contributed by atoms with Gasteiger partial charge in [0, 0.05) is 39.2 Å². The van der Waals surface area contributed by atoms with Crippen LogP contribution in [0, 0.1) is 0 Å². The molecule has 0 saturated carbocycles. The summed E-state index contributed by atoms with van der Waals surface area (Å²) in [4.78, 5) is 5.45. The SMILES string of the molecule is CC(C)(C)c1cc2c3c(c1)N(c1c(C(C)(C)C)cccc1C(C)(C)C)c1cc(-n4c5ccc(C(C)(C)C)cc5c5cc(C(C)(C)C)ccc54)ccc1B3c1ccccc1N2c1c(C(C)(C)C)cccc1C(C)(C)C. The van der Waals surface area contributed by atoms with E-state index < -0.39 is 0 Å². The van der Waals surface area contributed by atoms with Gasteiger partial charge in [-0.15, -0.1) is 0 Å². The van der Waals surface area contributed by atoms with Gasteiger partial charge in [-0.3, -0.25) is 0 Å². The lowest BCUT2D eigenvalue weighted by Crippen LogP contribution is -2.61. The molecule has 3 nitrogen and oxygen atoms in total. The average molecular weight is 978 g/mol. The van der Waals surface area contributed by atoms with Crippen LogP contribution in [0.5, 0.6) is 0 Å². The highest BCUT2D eigenvalue weighted by atomic mass is 15.2. The van der Waals surface area contributed by atoms with Crippen molar-refractivity contribution in [2.75, 3.05) is 9.80 Å². The minimum absolute atomic E-state index is 0.00886. The molecular formula is C70H84BN3. The average Bonchev–Trinajstić information content (AvgIpc) is 3.62. The van der Waals surface area contributed by atoms with Crippen molar-refractivity contribution in [3.63, 3.8) is 0 Å². The summed E-state index contributed by atoms with van der Waals surface area (Å²) < 4.78 is 2.56. The molecule has 7 aromatic carbocycles. The van der Waals surface area contributed by atoms with E-state index >= 15 is 0 Å². The number of rotatable bonds is 3. The van der Waals surface area contributed by atoms with E-state index in [1.54, 1.807) is 0 Å². The van der Waals surface area contributed by atoms with E-state index in [4.69, 9.17) is 0 Å². The van der Waals surface area contributed by atoms with Crippen LogP contribution in [0.2, 0.25) is 0 Å². The summed E-state index contributed by atoms with van der Waals surface area (Å²) in [7, 11) is 0. The minimum atomic E-state index is -0.166. The summed E-state index contributed by atoms with van der Waals surface area (Å²) in [6.45, 7) is 49.8. The fourth-order valence-corrected chi connectivity index (χ4v) is 12.2. The van der Waals surface area contributed by atoms with Crippen molar-refractivity contribution in [2.24, 2.45) is 0 Å². The van der Waals surface area contributed by atoms with Crippen LogP contribution in [0.1, 0.15) is 184 Å². The molecule has 0 bridgehead atoms. The van der Waals surface area contributed by atoms with E-state index in [-0.39, 0.29) is 44.6 Å². The van der Waals surface area contributed by atoms with Crippen molar-refractivity contribution in [1.29, 1.82) is 0 Å². The number of benzene rings is 7. The fraction of sp³-hybridized carbons (Fsp3) is 0.400. The molecule has 8 aromatic rings. The largest absolute Gasteiger partial charge is 0.311 e. The first-order valence-electron chi connectivity index (χ1n) is 27.6. The van der Waals surface area contributed by atoms with Gasteiger partial charge in [0.05, 0.1) is 22.4 Å². The molecular weight excluding hydrogens is 894 g/mol. The van der Waals surface area contributed by atoms with Crippen LogP contribution < -0.4 is 26.2 Å². The first-order valence-corrected chi connectivity index (χ1v) is 27.6. The van der Waals surface area contributed by atoms with Gasteiger partial charge in [0.1, 0.15) is 0 Å². The molecule has 0 amide bonds. The smallest absolute Gasteiger partial charge is 0.252 e.